The molecule has 5 rings (SSSR count). The first kappa shape index (κ1) is 25.9. The van der Waals surface area contributed by atoms with E-state index in [1.54, 1.807) is 23.0 Å². The molecule has 3 fully saturated rings. The van der Waals surface area contributed by atoms with Gasteiger partial charge in [-0.15, -0.1) is 0 Å². The van der Waals surface area contributed by atoms with Crippen LogP contribution in [0.2, 0.25) is 0 Å². The lowest BCUT2D eigenvalue weighted by atomic mass is 9.93. The van der Waals surface area contributed by atoms with E-state index in [-0.39, 0.29) is 11.4 Å². The van der Waals surface area contributed by atoms with Crippen LogP contribution in [0.3, 0.4) is 0 Å². The molecule has 3 aliphatic heterocycles. The Bertz CT molecular complexity index is 1090. The summed E-state index contributed by atoms with van der Waals surface area (Å²) in [6.45, 7) is 7.63. The largest absolute Gasteiger partial charge is 0.490 e. The van der Waals surface area contributed by atoms with Gasteiger partial charge < -0.3 is 15.0 Å². The molecule has 10 nitrogen and oxygen atoms in total. The first-order valence-electron chi connectivity index (χ1n) is 13.3. The lowest BCUT2D eigenvalue weighted by Gasteiger charge is -2.45. The lowest BCUT2D eigenvalue weighted by Crippen LogP contribution is -2.56. The second kappa shape index (κ2) is 10.9. The maximum atomic E-state index is 15.1. The van der Waals surface area contributed by atoms with Crippen molar-refractivity contribution in [1.82, 2.24) is 24.9 Å². The number of halogens is 1. The van der Waals surface area contributed by atoms with Crippen LogP contribution in [0.5, 0.6) is 5.75 Å². The standard InChI is InChI=1S/C26H38FN7O3/c1-30-18-20(17-29-30)22-15-24(34(35)36)25(37-2)16-23(22)33-9-3-21(4-10-33)32-13-11-31(12-14-32)19-26(27)5-7-28-8-6-26/h15-18,21,28H,3-14,19H2,1-2H3. The second-order valence-corrected chi connectivity index (χ2v) is 10.6. The number of hydrogen-bond acceptors (Lipinski definition) is 8. The van der Waals surface area contributed by atoms with Gasteiger partial charge in [-0.05, 0) is 38.8 Å². The average molecular weight is 516 g/mol. The number of nitro groups is 1. The van der Waals surface area contributed by atoms with E-state index < -0.39 is 10.6 Å². The van der Waals surface area contributed by atoms with Gasteiger partial charge in [0.05, 0.1) is 18.2 Å². The number of ether oxygens (including phenoxy) is 1. The molecule has 3 aliphatic rings. The summed E-state index contributed by atoms with van der Waals surface area (Å²) in [7, 11) is 3.31. The van der Waals surface area contributed by atoms with E-state index in [4.69, 9.17) is 4.74 Å². The van der Waals surface area contributed by atoms with E-state index >= 15 is 4.39 Å². The van der Waals surface area contributed by atoms with Crippen molar-refractivity contribution >= 4 is 11.4 Å². The third-order valence-corrected chi connectivity index (χ3v) is 8.24. The van der Waals surface area contributed by atoms with Crippen LogP contribution >= 0.6 is 0 Å². The Hall–Kier alpha value is -2.76. The minimum atomic E-state index is -1.05. The molecule has 0 radical (unpaired) electrons. The summed E-state index contributed by atoms with van der Waals surface area (Å²) in [6.07, 6.45) is 6.88. The van der Waals surface area contributed by atoms with Crippen molar-refractivity contribution in [1.29, 1.82) is 0 Å². The SMILES string of the molecule is COc1cc(N2CCC(N3CCN(CC4(F)CCNCC4)CC3)CC2)c(-c2cnn(C)c2)cc1[N+](=O)[O-]. The van der Waals surface area contributed by atoms with Crippen LogP contribution < -0.4 is 15.0 Å². The van der Waals surface area contributed by atoms with Gasteiger partial charge in [0.2, 0.25) is 0 Å². The molecule has 0 unspecified atom stereocenters. The van der Waals surface area contributed by atoms with Crippen LogP contribution in [-0.2, 0) is 7.05 Å². The molecule has 4 heterocycles. The number of nitrogens with zero attached hydrogens (tertiary/aromatic N) is 6. The zero-order valence-corrected chi connectivity index (χ0v) is 21.9. The summed E-state index contributed by atoms with van der Waals surface area (Å²) in [5, 5.41) is 19.2. The maximum Gasteiger partial charge on any atom is 0.311 e. The van der Waals surface area contributed by atoms with Crippen molar-refractivity contribution in [2.24, 2.45) is 7.05 Å². The molecular weight excluding hydrogens is 477 g/mol. The van der Waals surface area contributed by atoms with Crippen LogP contribution in [0.1, 0.15) is 25.7 Å². The van der Waals surface area contributed by atoms with E-state index in [0.29, 0.717) is 25.4 Å². The van der Waals surface area contributed by atoms with E-state index in [0.717, 1.165) is 82.0 Å². The molecule has 37 heavy (non-hydrogen) atoms. The Kier molecular flexibility index (Phi) is 7.64. The van der Waals surface area contributed by atoms with Crippen molar-refractivity contribution in [3.8, 4) is 16.9 Å². The van der Waals surface area contributed by atoms with E-state index in [9.17, 15) is 10.1 Å². The number of piperidine rings is 2. The minimum absolute atomic E-state index is 0.0441. The van der Waals surface area contributed by atoms with Gasteiger partial charge in [0.15, 0.2) is 5.75 Å². The highest BCUT2D eigenvalue weighted by atomic mass is 19.1. The third-order valence-electron chi connectivity index (χ3n) is 8.24. The molecule has 0 bridgehead atoms. The van der Waals surface area contributed by atoms with Crippen molar-refractivity contribution < 1.29 is 14.1 Å². The van der Waals surface area contributed by atoms with Crippen molar-refractivity contribution in [2.45, 2.75) is 37.4 Å². The highest BCUT2D eigenvalue weighted by Gasteiger charge is 2.36. The number of hydrogen-bond donors (Lipinski definition) is 1. The Morgan fingerprint density at radius 1 is 1.16 bits per heavy atom. The molecule has 0 spiro atoms. The topological polar surface area (TPSA) is 91.9 Å². The number of piperazine rings is 1. The van der Waals surface area contributed by atoms with Gasteiger partial charge >= 0.3 is 5.69 Å². The Morgan fingerprint density at radius 2 is 1.86 bits per heavy atom. The summed E-state index contributed by atoms with van der Waals surface area (Å²) in [6, 6.07) is 3.90. The average Bonchev–Trinajstić information content (AvgIpc) is 3.34. The Morgan fingerprint density at radius 3 is 2.46 bits per heavy atom. The number of aromatic nitrogens is 2. The van der Waals surface area contributed by atoms with Crippen molar-refractivity contribution in [2.75, 3.05) is 70.9 Å². The molecule has 1 aromatic heterocycles. The quantitative estimate of drug-likeness (QED) is 0.445. The monoisotopic (exact) mass is 515 g/mol. The fraction of sp³-hybridized carbons (Fsp3) is 0.654. The summed E-state index contributed by atoms with van der Waals surface area (Å²) in [5.41, 5.74) is 1.49. The molecular formula is C26H38FN7O3. The number of alkyl halides is 1. The molecule has 0 saturated carbocycles. The Labute approximate surface area is 217 Å². The fourth-order valence-electron chi connectivity index (χ4n) is 6.11. The summed E-state index contributed by atoms with van der Waals surface area (Å²) < 4.78 is 22.2. The number of benzene rings is 1. The van der Waals surface area contributed by atoms with E-state index in [1.165, 1.54) is 7.11 Å². The van der Waals surface area contributed by atoms with Crippen LogP contribution in [0.15, 0.2) is 24.5 Å². The van der Waals surface area contributed by atoms with Crippen LogP contribution in [0.25, 0.3) is 11.1 Å². The second-order valence-electron chi connectivity index (χ2n) is 10.6. The normalized spacial score (nSPS) is 21.8. The molecule has 3 saturated heterocycles. The first-order chi connectivity index (χ1) is 17.8. The van der Waals surface area contributed by atoms with Gasteiger partial charge in [0, 0.05) is 94.0 Å². The number of nitro benzene ring substituents is 1. The molecule has 1 aromatic carbocycles. The number of nitrogens with one attached hydrogen (secondary N) is 1. The van der Waals surface area contributed by atoms with Gasteiger partial charge in [0.1, 0.15) is 5.67 Å². The fourth-order valence-corrected chi connectivity index (χ4v) is 6.11. The molecule has 2 aromatic rings. The van der Waals surface area contributed by atoms with Crippen molar-refractivity contribution in [3.05, 3.63) is 34.6 Å². The number of rotatable bonds is 7. The van der Waals surface area contributed by atoms with E-state index in [2.05, 4.69) is 25.1 Å². The highest BCUT2D eigenvalue weighted by Crippen LogP contribution is 2.41. The third kappa shape index (κ3) is 5.73. The summed E-state index contributed by atoms with van der Waals surface area (Å²) in [5.74, 6) is 0.269. The number of methoxy groups -OCH3 is 1. The van der Waals surface area contributed by atoms with Crippen LogP contribution in [-0.4, -0.2) is 102 Å². The predicted molar refractivity (Wildman–Crippen MR) is 141 cm³/mol. The van der Waals surface area contributed by atoms with Gasteiger partial charge in [0.25, 0.3) is 0 Å². The summed E-state index contributed by atoms with van der Waals surface area (Å²) in [4.78, 5) is 18.5. The molecule has 0 amide bonds. The number of aryl methyl sites for hydroxylation is 1. The molecule has 202 valence electrons. The Balaban J connectivity index is 1.23. The zero-order chi connectivity index (χ0) is 26.0. The highest BCUT2D eigenvalue weighted by molar-refractivity contribution is 5.82. The molecule has 1 N–H and O–H groups in total. The van der Waals surface area contributed by atoms with E-state index in [1.807, 2.05) is 13.2 Å². The minimum Gasteiger partial charge on any atom is -0.490 e. The van der Waals surface area contributed by atoms with Crippen LogP contribution in [0.4, 0.5) is 15.8 Å². The first-order valence-corrected chi connectivity index (χ1v) is 13.3. The van der Waals surface area contributed by atoms with Gasteiger partial charge in [-0.1, -0.05) is 0 Å². The molecule has 0 aliphatic carbocycles. The number of anilines is 1. The molecule has 11 heteroatoms. The van der Waals surface area contributed by atoms with Gasteiger partial charge in [-0.25, -0.2) is 4.39 Å². The maximum absolute atomic E-state index is 15.1. The smallest absolute Gasteiger partial charge is 0.311 e. The summed E-state index contributed by atoms with van der Waals surface area (Å²) >= 11 is 0. The van der Waals surface area contributed by atoms with Gasteiger partial charge in [-0.2, -0.15) is 5.10 Å². The lowest BCUT2D eigenvalue weighted by molar-refractivity contribution is -0.385. The van der Waals surface area contributed by atoms with Gasteiger partial charge in [-0.3, -0.25) is 24.6 Å². The molecule has 0 atom stereocenters. The van der Waals surface area contributed by atoms with Crippen LogP contribution in [0, 0.1) is 10.1 Å². The zero-order valence-electron chi connectivity index (χ0n) is 21.9. The predicted octanol–water partition coefficient (Wildman–Crippen LogP) is 2.68. The van der Waals surface area contributed by atoms with Crippen molar-refractivity contribution in [3.63, 3.8) is 0 Å².